The van der Waals surface area contributed by atoms with Crippen molar-refractivity contribution in [1.82, 2.24) is 9.97 Å². The molecule has 0 aliphatic carbocycles. The van der Waals surface area contributed by atoms with E-state index in [0.717, 1.165) is 29.7 Å². The van der Waals surface area contributed by atoms with E-state index in [0.29, 0.717) is 0 Å². The van der Waals surface area contributed by atoms with Gasteiger partial charge in [0, 0.05) is 18.3 Å². The van der Waals surface area contributed by atoms with E-state index >= 15 is 0 Å². The summed E-state index contributed by atoms with van der Waals surface area (Å²) in [7, 11) is 0. The Hall–Kier alpha value is -2.10. The first-order valence-corrected chi connectivity index (χ1v) is 6.11. The van der Waals surface area contributed by atoms with Crippen LogP contribution >= 0.6 is 0 Å². The number of nitrogens with one attached hydrogen (secondary N) is 2. The molecule has 0 saturated carbocycles. The minimum absolute atomic E-state index is 0.754. The third-order valence-corrected chi connectivity index (χ3v) is 2.60. The molecule has 0 spiro atoms. The number of hydrogen-bond acceptors (Lipinski definition) is 4. The number of anilines is 3. The molecule has 0 fully saturated rings. The second kappa shape index (κ2) is 5.49. The molecule has 0 unspecified atom stereocenters. The summed E-state index contributed by atoms with van der Waals surface area (Å²) in [5.74, 6) is 2.42. The van der Waals surface area contributed by atoms with Crippen LogP contribution in [0.3, 0.4) is 0 Å². The van der Waals surface area contributed by atoms with Gasteiger partial charge in [0.25, 0.3) is 0 Å². The van der Waals surface area contributed by atoms with Crippen LogP contribution < -0.4 is 10.6 Å². The standard InChI is InChI=1S/C14H18N4/c1-4-15-13-9-14(17-11(3)16-13)18-12-8-6-5-7-10(12)2/h5-9H,4H2,1-3H3,(H2,15,16,17,18). The lowest BCUT2D eigenvalue weighted by atomic mass is 10.2. The molecule has 0 aliphatic rings. The van der Waals surface area contributed by atoms with Crippen molar-refractivity contribution in [1.29, 1.82) is 0 Å². The average Bonchev–Trinajstić information content (AvgIpc) is 2.32. The van der Waals surface area contributed by atoms with Gasteiger partial charge < -0.3 is 10.6 Å². The van der Waals surface area contributed by atoms with Gasteiger partial charge in [-0.25, -0.2) is 9.97 Å². The predicted molar refractivity (Wildman–Crippen MR) is 75.4 cm³/mol. The molecule has 0 aliphatic heterocycles. The lowest BCUT2D eigenvalue weighted by Crippen LogP contribution is -2.04. The maximum Gasteiger partial charge on any atom is 0.136 e. The van der Waals surface area contributed by atoms with Crippen molar-refractivity contribution in [2.75, 3.05) is 17.2 Å². The van der Waals surface area contributed by atoms with Gasteiger partial charge in [-0.1, -0.05) is 18.2 Å². The number of hydrogen-bond donors (Lipinski definition) is 2. The van der Waals surface area contributed by atoms with E-state index in [2.05, 4.69) is 33.6 Å². The SMILES string of the molecule is CCNc1cc(Nc2ccccc2C)nc(C)n1. The highest BCUT2D eigenvalue weighted by Crippen LogP contribution is 2.20. The lowest BCUT2D eigenvalue weighted by molar-refractivity contribution is 1.04. The highest BCUT2D eigenvalue weighted by molar-refractivity contribution is 5.62. The number of nitrogens with zero attached hydrogens (tertiary/aromatic N) is 2. The molecule has 2 aromatic rings. The van der Waals surface area contributed by atoms with Crippen LogP contribution in [-0.4, -0.2) is 16.5 Å². The number of benzene rings is 1. The highest BCUT2D eigenvalue weighted by Gasteiger charge is 2.03. The summed E-state index contributed by atoms with van der Waals surface area (Å²) in [5, 5.41) is 6.52. The summed E-state index contributed by atoms with van der Waals surface area (Å²) in [6, 6.07) is 10.1. The second-order valence-corrected chi connectivity index (χ2v) is 4.16. The first-order valence-electron chi connectivity index (χ1n) is 6.11. The van der Waals surface area contributed by atoms with Crippen LogP contribution in [0.1, 0.15) is 18.3 Å². The van der Waals surface area contributed by atoms with E-state index in [9.17, 15) is 0 Å². The highest BCUT2D eigenvalue weighted by atomic mass is 15.1. The Kier molecular flexibility index (Phi) is 3.77. The first-order chi connectivity index (χ1) is 8.69. The molecular formula is C14H18N4. The smallest absolute Gasteiger partial charge is 0.136 e. The third kappa shape index (κ3) is 2.97. The lowest BCUT2D eigenvalue weighted by Gasteiger charge is -2.10. The monoisotopic (exact) mass is 242 g/mol. The summed E-state index contributed by atoms with van der Waals surface area (Å²) in [6.07, 6.45) is 0. The quantitative estimate of drug-likeness (QED) is 0.864. The van der Waals surface area contributed by atoms with Crippen molar-refractivity contribution in [2.45, 2.75) is 20.8 Å². The number of aryl methyl sites for hydroxylation is 2. The van der Waals surface area contributed by atoms with Gasteiger partial charge in [0.1, 0.15) is 17.5 Å². The van der Waals surface area contributed by atoms with E-state index in [-0.39, 0.29) is 0 Å². The van der Waals surface area contributed by atoms with Gasteiger partial charge in [-0.2, -0.15) is 0 Å². The normalized spacial score (nSPS) is 10.2. The van der Waals surface area contributed by atoms with Crippen molar-refractivity contribution in [3.05, 3.63) is 41.7 Å². The number of rotatable bonds is 4. The van der Waals surface area contributed by atoms with Crippen LogP contribution in [0.5, 0.6) is 0 Å². The molecular weight excluding hydrogens is 224 g/mol. The maximum atomic E-state index is 4.39. The van der Waals surface area contributed by atoms with Crippen LogP contribution in [0.4, 0.5) is 17.3 Å². The van der Waals surface area contributed by atoms with Gasteiger partial charge >= 0.3 is 0 Å². The zero-order valence-corrected chi connectivity index (χ0v) is 11.0. The Balaban J connectivity index is 2.26. The predicted octanol–water partition coefficient (Wildman–Crippen LogP) is 3.27. The Morgan fingerprint density at radius 3 is 2.50 bits per heavy atom. The fourth-order valence-corrected chi connectivity index (χ4v) is 1.75. The Morgan fingerprint density at radius 2 is 1.78 bits per heavy atom. The molecule has 2 rings (SSSR count). The fourth-order valence-electron chi connectivity index (χ4n) is 1.75. The van der Waals surface area contributed by atoms with E-state index < -0.39 is 0 Å². The molecule has 18 heavy (non-hydrogen) atoms. The van der Waals surface area contributed by atoms with Gasteiger partial charge in [-0.15, -0.1) is 0 Å². The molecule has 0 amide bonds. The van der Waals surface area contributed by atoms with Crippen molar-refractivity contribution in [3.8, 4) is 0 Å². The minimum atomic E-state index is 0.754. The van der Waals surface area contributed by atoms with Gasteiger partial charge in [0.2, 0.25) is 0 Å². The molecule has 1 heterocycles. The third-order valence-electron chi connectivity index (χ3n) is 2.60. The van der Waals surface area contributed by atoms with Crippen LogP contribution in [0.2, 0.25) is 0 Å². The summed E-state index contributed by atoms with van der Waals surface area (Å²) in [6.45, 7) is 6.86. The fraction of sp³-hybridized carbons (Fsp3) is 0.286. The molecule has 1 aromatic heterocycles. The molecule has 4 nitrogen and oxygen atoms in total. The topological polar surface area (TPSA) is 49.8 Å². The van der Waals surface area contributed by atoms with Gasteiger partial charge in [-0.3, -0.25) is 0 Å². The molecule has 0 bridgehead atoms. The van der Waals surface area contributed by atoms with Crippen molar-refractivity contribution < 1.29 is 0 Å². The zero-order valence-electron chi connectivity index (χ0n) is 11.0. The van der Waals surface area contributed by atoms with Crippen molar-refractivity contribution in [3.63, 3.8) is 0 Å². The van der Waals surface area contributed by atoms with E-state index in [1.54, 1.807) is 0 Å². The Labute approximate surface area is 107 Å². The van der Waals surface area contributed by atoms with Crippen LogP contribution in [0, 0.1) is 13.8 Å². The van der Waals surface area contributed by atoms with Crippen molar-refractivity contribution >= 4 is 17.3 Å². The maximum absolute atomic E-state index is 4.39. The van der Waals surface area contributed by atoms with Gasteiger partial charge in [0.05, 0.1) is 0 Å². The molecule has 2 N–H and O–H groups in total. The van der Waals surface area contributed by atoms with Gasteiger partial charge in [0.15, 0.2) is 0 Å². The molecule has 0 saturated heterocycles. The molecule has 4 heteroatoms. The average molecular weight is 242 g/mol. The zero-order chi connectivity index (χ0) is 13.0. The summed E-state index contributed by atoms with van der Waals surface area (Å²) in [4.78, 5) is 8.72. The second-order valence-electron chi connectivity index (χ2n) is 4.16. The molecule has 0 atom stereocenters. The van der Waals surface area contributed by atoms with Crippen molar-refractivity contribution in [2.24, 2.45) is 0 Å². The van der Waals surface area contributed by atoms with Crippen LogP contribution in [0.15, 0.2) is 30.3 Å². The summed E-state index contributed by atoms with van der Waals surface area (Å²) >= 11 is 0. The van der Waals surface area contributed by atoms with E-state index in [1.807, 2.05) is 38.1 Å². The van der Waals surface area contributed by atoms with Crippen LogP contribution in [-0.2, 0) is 0 Å². The van der Waals surface area contributed by atoms with Gasteiger partial charge in [-0.05, 0) is 32.4 Å². The van der Waals surface area contributed by atoms with E-state index in [4.69, 9.17) is 0 Å². The molecule has 1 aromatic carbocycles. The first kappa shape index (κ1) is 12.4. The Morgan fingerprint density at radius 1 is 1.06 bits per heavy atom. The molecule has 0 radical (unpaired) electrons. The number of para-hydroxylation sites is 1. The summed E-state index contributed by atoms with van der Waals surface area (Å²) < 4.78 is 0. The largest absolute Gasteiger partial charge is 0.370 e. The van der Waals surface area contributed by atoms with Crippen LogP contribution in [0.25, 0.3) is 0 Å². The Bertz CT molecular complexity index is 537. The van der Waals surface area contributed by atoms with E-state index in [1.165, 1.54) is 5.56 Å². The number of aromatic nitrogens is 2. The minimum Gasteiger partial charge on any atom is -0.370 e. The molecule has 94 valence electrons. The summed E-state index contributed by atoms with van der Waals surface area (Å²) in [5.41, 5.74) is 2.26.